The molecule has 0 aliphatic heterocycles. The fourth-order valence-electron chi connectivity index (χ4n) is 1.95. The first-order valence-corrected chi connectivity index (χ1v) is 6.32. The molecule has 0 radical (unpaired) electrons. The third-order valence-corrected chi connectivity index (χ3v) is 2.63. The van der Waals surface area contributed by atoms with Crippen LogP contribution < -0.4 is 10.5 Å². The van der Waals surface area contributed by atoms with Crippen molar-refractivity contribution in [3.63, 3.8) is 0 Å². The molecule has 2 N–H and O–H groups in total. The van der Waals surface area contributed by atoms with Gasteiger partial charge in [-0.25, -0.2) is 4.39 Å². The molecule has 0 unspecified atom stereocenters. The Morgan fingerprint density at radius 3 is 2.45 bits per heavy atom. The van der Waals surface area contributed by atoms with Gasteiger partial charge in [-0.2, -0.15) is 15.0 Å². The smallest absolute Gasteiger partial charge is 0.322 e. The molecule has 0 amide bonds. The molecule has 6 heteroatoms. The van der Waals surface area contributed by atoms with E-state index in [4.69, 9.17) is 10.5 Å². The Morgan fingerprint density at radius 1 is 1.15 bits per heavy atom. The standard InChI is InChI=1S/C14H17FN4O/c1-7(2)20-14-18-12(17-13(16)19-14)11-9(4)5-8(3)6-10(11)15/h5-7H,1-4H3,(H2,16,17,18,19). The number of nitrogens with zero attached hydrogens (tertiary/aromatic N) is 3. The first-order chi connectivity index (χ1) is 9.36. The second-order valence-electron chi connectivity index (χ2n) is 4.91. The molecule has 0 bridgehead atoms. The minimum atomic E-state index is -0.386. The van der Waals surface area contributed by atoms with Crippen LogP contribution in [0.4, 0.5) is 10.3 Å². The van der Waals surface area contributed by atoms with E-state index in [0.29, 0.717) is 5.56 Å². The fourth-order valence-corrected chi connectivity index (χ4v) is 1.95. The van der Waals surface area contributed by atoms with Crippen molar-refractivity contribution in [3.05, 3.63) is 29.1 Å². The van der Waals surface area contributed by atoms with Crippen LogP contribution in [-0.2, 0) is 0 Å². The molecule has 5 nitrogen and oxygen atoms in total. The summed E-state index contributed by atoms with van der Waals surface area (Å²) in [4.78, 5) is 12.0. The molecule has 106 valence electrons. The van der Waals surface area contributed by atoms with Crippen LogP contribution in [0.2, 0.25) is 0 Å². The highest BCUT2D eigenvalue weighted by Gasteiger charge is 2.15. The normalized spacial score (nSPS) is 10.9. The lowest BCUT2D eigenvalue weighted by atomic mass is 10.0. The van der Waals surface area contributed by atoms with E-state index in [2.05, 4.69) is 15.0 Å². The van der Waals surface area contributed by atoms with Crippen LogP contribution in [0.15, 0.2) is 12.1 Å². The second-order valence-corrected chi connectivity index (χ2v) is 4.91. The summed E-state index contributed by atoms with van der Waals surface area (Å²) < 4.78 is 19.5. The lowest BCUT2D eigenvalue weighted by Gasteiger charge is -2.11. The van der Waals surface area contributed by atoms with E-state index in [1.54, 1.807) is 6.92 Å². The number of benzene rings is 1. The second kappa shape index (κ2) is 5.40. The maximum atomic E-state index is 14.1. The van der Waals surface area contributed by atoms with Gasteiger partial charge in [0, 0.05) is 0 Å². The van der Waals surface area contributed by atoms with Gasteiger partial charge in [0.25, 0.3) is 0 Å². The van der Waals surface area contributed by atoms with Crippen molar-refractivity contribution in [2.45, 2.75) is 33.8 Å². The van der Waals surface area contributed by atoms with Gasteiger partial charge in [-0.05, 0) is 44.9 Å². The highest BCUT2D eigenvalue weighted by atomic mass is 19.1. The molecule has 1 aromatic heterocycles. The highest BCUT2D eigenvalue weighted by molar-refractivity contribution is 5.62. The van der Waals surface area contributed by atoms with Gasteiger partial charge in [-0.15, -0.1) is 0 Å². The molecule has 1 aromatic carbocycles. The van der Waals surface area contributed by atoms with E-state index in [0.717, 1.165) is 11.1 Å². The summed E-state index contributed by atoms with van der Waals surface area (Å²) in [6.07, 6.45) is -0.103. The Balaban J connectivity index is 2.55. The summed E-state index contributed by atoms with van der Waals surface area (Å²) in [5.41, 5.74) is 7.53. The van der Waals surface area contributed by atoms with Crippen LogP contribution in [0, 0.1) is 19.7 Å². The van der Waals surface area contributed by atoms with Gasteiger partial charge < -0.3 is 10.5 Å². The Labute approximate surface area is 117 Å². The van der Waals surface area contributed by atoms with Gasteiger partial charge in [0.1, 0.15) is 5.82 Å². The molecule has 20 heavy (non-hydrogen) atoms. The van der Waals surface area contributed by atoms with Crippen molar-refractivity contribution < 1.29 is 9.13 Å². The molecule has 0 atom stereocenters. The lowest BCUT2D eigenvalue weighted by Crippen LogP contribution is -2.11. The quantitative estimate of drug-likeness (QED) is 0.932. The van der Waals surface area contributed by atoms with Crippen molar-refractivity contribution in [1.82, 2.24) is 15.0 Å². The molecule has 0 saturated heterocycles. The maximum Gasteiger partial charge on any atom is 0.322 e. The zero-order chi connectivity index (χ0) is 14.9. The van der Waals surface area contributed by atoms with Gasteiger partial charge in [0.2, 0.25) is 5.95 Å². The van der Waals surface area contributed by atoms with E-state index in [1.165, 1.54) is 6.07 Å². The molecule has 0 aliphatic carbocycles. The van der Waals surface area contributed by atoms with Crippen molar-refractivity contribution in [2.24, 2.45) is 0 Å². The van der Waals surface area contributed by atoms with Crippen molar-refractivity contribution in [1.29, 1.82) is 0 Å². The van der Waals surface area contributed by atoms with E-state index in [-0.39, 0.29) is 29.7 Å². The van der Waals surface area contributed by atoms with Gasteiger partial charge >= 0.3 is 6.01 Å². The highest BCUT2D eigenvalue weighted by Crippen LogP contribution is 2.26. The molecule has 0 spiro atoms. The van der Waals surface area contributed by atoms with Gasteiger partial charge in [-0.3, -0.25) is 0 Å². The predicted molar refractivity (Wildman–Crippen MR) is 74.9 cm³/mol. The van der Waals surface area contributed by atoms with Crippen molar-refractivity contribution in [3.8, 4) is 17.4 Å². The minimum absolute atomic E-state index is 0.00465. The molecular formula is C14H17FN4O. The van der Waals surface area contributed by atoms with E-state index >= 15 is 0 Å². The van der Waals surface area contributed by atoms with Crippen LogP contribution in [0.3, 0.4) is 0 Å². The van der Waals surface area contributed by atoms with Gasteiger partial charge in [0.05, 0.1) is 11.7 Å². The zero-order valence-corrected chi connectivity index (χ0v) is 11.9. The van der Waals surface area contributed by atoms with Crippen LogP contribution >= 0.6 is 0 Å². The number of halogens is 1. The van der Waals surface area contributed by atoms with Crippen molar-refractivity contribution >= 4 is 5.95 Å². The largest absolute Gasteiger partial charge is 0.461 e. The number of aromatic nitrogens is 3. The van der Waals surface area contributed by atoms with E-state index in [1.807, 2.05) is 26.8 Å². The van der Waals surface area contributed by atoms with Crippen LogP contribution in [-0.4, -0.2) is 21.1 Å². The van der Waals surface area contributed by atoms with Crippen LogP contribution in [0.5, 0.6) is 6.01 Å². The number of rotatable bonds is 3. The van der Waals surface area contributed by atoms with Crippen LogP contribution in [0.25, 0.3) is 11.4 Å². The van der Waals surface area contributed by atoms with Crippen molar-refractivity contribution in [2.75, 3.05) is 5.73 Å². The maximum absolute atomic E-state index is 14.1. The zero-order valence-electron chi connectivity index (χ0n) is 11.9. The summed E-state index contributed by atoms with van der Waals surface area (Å²) in [5.74, 6) is -0.197. The summed E-state index contributed by atoms with van der Waals surface area (Å²) in [6.45, 7) is 7.32. The number of hydrogen-bond acceptors (Lipinski definition) is 5. The Bertz CT molecular complexity index is 620. The molecular weight excluding hydrogens is 259 g/mol. The number of nitrogens with two attached hydrogens (primary N) is 1. The number of anilines is 1. The molecule has 1 heterocycles. The van der Waals surface area contributed by atoms with E-state index < -0.39 is 0 Å². The SMILES string of the molecule is Cc1cc(C)c(-c2nc(N)nc(OC(C)C)n2)c(F)c1. The molecule has 0 aliphatic rings. The van der Waals surface area contributed by atoms with E-state index in [9.17, 15) is 4.39 Å². The topological polar surface area (TPSA) is 73.9 Å². The minimum Gasteiger partial charge on any atom is -0.461 e. The average Bonchev–Trinajstić information content (AvgIpc) is 2.25. The number of hydrogen-bond donors (Lipinski definition) is 1. The predicted octanol–water partition coefficient (Wildman–Crippen LogP) is 2.66. The van der Waals surface area contributed by atoms with Gasteiger partial charge in [-0.1, -0.05) is 6.07 Å². The lowest BCUT2D eigenvalue weighted by molar-refractivity contribution is 0.222. The number of nitrogen functional groups attached to an aromatic ring is 1. The molecule has 2 rings (SSSR count). The summed E-state index contributed by atoms with van der Waals surface area (Å²) in [7, 11) is 0. The third-order valence-electron chi connectivity index (χ3n) is 2.63. The summed E-state index contributed by atoms with van der Waals surface area (Å²) >= 11 is 0. The third kappa shape index (κ3) is 3.01. The molecule has 0 saturated carbocycles. The first kappa shape index (κ1) is 14.2. The van der Waals surface area contributed by atoms with Gasteiger partial charge in [0.15, 0.2) is 5.82 Å². The summed E-state index contributed by atoms with van der Waals surface area (Å²) in [5, 5.41) is 0. The number of aryl methyl sites for hydroxylation is 2. The first-order valence-electron chi connectivity index (χ1n) is 6.32. The molecule has 2 aromatic rings. The Hall–Kier alpha value is -2.24. The Morgan fingerprint density at radius 2 is 1.85 bits per heavy atom. The Kier molecular flexibility index (Phi) is 3.83. The average molecular weight is 276 g/mol. The monoisotopic (exact) mass is 276 g/mol. The fraction of sp³-hybridized carbons (Fsp3) is 0.357. The van der Waals surface area contributed by atoms with Crippen LogP contribution in [0.1, 0.15) is 25.0 Å². The molecule has 0 fully saturated rings. The number of ether oxygens (including phenoxy) is 1. The summed E-state index contributed by atoms with van der Waals surface area (Å²) in [6, 6.07) is 3.40.